The third-order valence-corrected chi connectivity index (χ3v) is 4.14. The fourth-order valence-corrected chi connectivity index (χ4v) is 2.62. The van der Waals surface area contributed by atoms with Crippen LogP contribution in [0.25, 0.3) is 0 Å². The maximum absolute atomic E-state index is 6.28. The van der Waals surface area contributed by atoms with Crippen molar-refractivity contribution in [3.63, 3.8) is 0 Å². The molecule has 1 heterocycles. The van der Waals surface area contributed by atoms with E-state index in [4.69, 9.17) is 17.4 Å². The lowest BCUT2D eigenvalue weighted by Gasteiger charge is -2.16. The van der Waals surface area contributed by atoms with E-state index >= 15 is 0 Å². The average Bonchev–Trinajstić information content (AvgIpc) is 2.70. The van der Waals surface area contributed by atoms with Gasteiger partial charge in [0.05, 0.1) is 11.7 Å². The molecule has 20 heavy (non-hydrogen) atoms. The molecular weight excluding hydrogens is 272 g/mol. The summed E-state index contributed by atoms with van der Waals surface area (Å²) in [5.41, 5.74) is 7.33. The Hall–Kier alpha value is -1.36. The number of nitrogens with two attached hydrogens (primary N) is 1. The van der Waals surface area contributed by atoms with Gasteiger partial charge in [-0.25, -0.2) is 0 Å². The van der Waals surface area contributed by atoms with Gasteiger partial charge in [-0.1, -0.05) is 42.8 Å². The van der Waals surface area contributed by atoms with Crippen LogP contribution in [0.2, 0.25) is 5.15 Å². The third-order valence-electron chi connectivity index (χ3n) is 3.67. The Balaban J connectivity index is 2.23. The van der Waals surface area contributed by atoms with Gasteiger partial charge in [-0.2, -0.15) is 5.10 Å². The van der Waals surface area contributed by atoms with Crippen molar-refractivity contribution in [2.75, 3.05) is 0 Å². The van der Waals surface area contributed by atoms with Crippen LogP contribution in [0.15, 0.2) is 24.3 Å². The summed E-state index contributed by atoms with van der Waals surface area (Å²) in [5.74, 6) is 5.71. The molecule has 0 saturated carbocycles. The minimum Gasteiger partial charge on any atom is -0.271 e. The standard InChI is InChI=1S/C15H21ClN4/c1-4-11-5-7-12(8-6-11)14(18-17)9-13-10(2)19-20(3)15(13)16/h5-8,14,18H,4,9,17H2,1-3H3. The van der Waals surface area contributed by atoms with Crippen LogP contribution < -0.4 is 11.3 Å². The van der Waals surface area contributed by atoms with Crippen LogP contribution in [0, 0.1) is 6.92 Å². The number of aryl methyl sites for hydroxylation is 3. The Labute approximate surface area is 124 Å². The molecule has 108 valence electrons. The minimum atomic E-state index is 0.0290. The van der Waals surface area contributed by atoms with E-state index in [0.29, 0.717) is 5.15 Å². The first kappa shape index (κ1) is 15.0. The third kappa shape index (κ3) is 3.03. The highest BCUT2D eigenvalue weighted by atomic mass is 35.5. The molecule has 4 nitrogen and oxygen atoms in total. The van der Waals surface area contributed by atoms with Gasteiger partial charge in [0.1, 0.15) is 5.15 Å². The Morgan fingerprint density at radius 3 is 2.45 bits per heavy atom. The molecule has 0 fully saturated rings. The van der Waals surface area contributed by atoms with E-state index in [1.54, 1.807) is 4.68 Å². The van der Waals surface area contributed by atoms with E-state index in [2.05, 4.69) is 41.7 Å². The number of hydrogen-bond acceptors (Lipinski definition) is 3. The Kier molecular flexibility index (Phi) is 4.81. The molecule has 1 atom stereocenters. The van der Waals surface area contributed by atoms with Gasteiger partial charge in [0.25, 0.3) is 0 Å². The highest BCUT2D eigenvalue weighted by Gasteiger charge is 2.17. The summed E-state index contributed by atoms with van der Waals surface area (Å²) in [5, 5.41) is 5.01. The molecule has 1 aromatic heterocycles. The zero-order chi connectivity index (χ0) is 14.7. The van der Waals surface area contributed by atoms with Gasteiger partial charge < -0.3 is 0 Å². The normalized spacial score (nSPS) is 12.7. The summed E-state index contributed by atoms with van der Waals surface area (Å²) in [4.78, 5) is 0. The average molecular weight is 293 g/mol. The highest BCUT2D eigenvalue weighted by molar-refractivity contribution is 6.30. The topological polar surface area (TPSA) is 55.9 Å². The van der Waals surface area contributed by atoms with Crippen LogP contribution in [0.5, 0.6) is 0 Å². The van der Waals surface area contributed by atoms with E-state index < -0.39 is 0 Å². The van der Waals surface area contributed by atoms with Crippen LogP contribution in [0.4, 0.5) is 0 Å². The summed E-state index contributed by atoms with van der Waals surface area (Å²) in [6.45, 7) is 4.11. The molecule has 0 radical (unpaired) electrons. The Morgan fingerprint density at radius 2 is 2.00 bits per heavy atom. The molecule has 1 unspecified atom stereocenters. The van der Waals surface area contributed by atoms with Gasteiger partial charge >= 0.3 is 0 Å². The first-order valence-corrected chi connectivity index (χ1v) is 7.17. The second-order valence-corrected chi connectivity index (χ2v) is 5.35. The quantitative estimate of drug-likeness (QED) is 0.658. The number of nitrogens with one attached hydrogen (secondary N) is 1. The van der Waals surface area contributed by atoms with Crippen molar-refractivity contribution in [1.82, 2.24) is 15.2 Å². The second kappa shape index (κ2) is 6.39. The number of hydrogen-bond donors (Lipinski definition) is 2. The number of aromatic nitrogens is 2. The summed E-state index contributed by atoms with van der Waals surface area (Å²) < 4.78 is 1.69. The smallest absolute Gasteiger partial charge is 0.130 e. The zero-order valence-electron chi connectivity index (χ0n) is 12.2. The van der Waals surface area contributed by atoms with Crippen molar-refractivity contribution in [2.24, 2.45) is 12.9 Å². The summed E-state index contributed by atoms with van der Waals surface area (Å²) in [7, 11) is 1.85. The predicted molar refractivity (Wildman–Crippen MR) is 82.5 cm³/mol. The Morgan fingerprint density at radius 1 is 1.35 bits per heavy atom. The maximum atomic E-state index is 6.28. The van der Waals surface area contributed by atoms with Crippen molar-refractivity contribution in [3.8, 4) is 0 Å². The highest BCUT2D eigenvalue weighted by Crippen LogP contribution is 2.25. The van der Waals surface area contributed by atoms with Gasteiger partial charge in [-0.15, -0.1) is 0 Å². The summed E-state index contributed by atoms with van der Waals surface area (Å²) >= 11 is 6.28. The van der Waals surface area contributed by atoms with Crippen LogP contribution >= 0.6 is 11.6 Å². The number of hydrazine groups is 1. The summed E-state index contributed by atoms with van der Waals surface area (Å²) in [6, 6.07) is 8.53. The Bertz CT molecular complexity index is 574. The van der Waals surface area contributed by atoms with Crippen LogP contribution in [-0.4, -0.2) is 9.78 Å². The molecule has 0 spiro atoms. The van der Waals surface area contributed by atoms with Crippen molar-refractivity contribution in [1.29, 1.82) is 0 Å². The minimum absolute atomic E-state index is 0.0290. The molecule has 0 amide bonds. The van der Waals surface area contributed by atoms with Gasteiger partial charge in [-0.05, 0) is 30.9 Å². The van der Waals surface area contributed by atoms with Crippen molar-refractivity contribution < 1.29 is 0 Å². The zero-order valence-corrected chi connectivity index (χ0v) is 12.9. The van der Waals surface area contributed by atoms with Gasteiger partial charge in [0.2, 0.25) is 0 Å². The number of rotatable bonds is 5. The fourth-order valence-electron chi connectivity index (χ4n) is 2.37. The molecule has 2 aromatic rings. The van der Waals surface area contributed by atoms with E-state index in [1.165, 1.54) is 5.56 Å². The van der Waals surface area contributed by atoms with Crippen LogP contribution in [-0.2, 0) is 19.9 Å². The van der Waals surface area contributed by atoms with E-state index in [0.717, 1.165) is 29.7 Å². The van der Waals surface area contributed by atoms with Crippen molar-refractivity contribution in [2.45, 2.75) is 32.7 Å². The van der Waals surface area contributed by atoms with Crippen LogP contribution in [0.1, 0.15) is 35.3 Å². The molecule has 1 aromatic carbocycles. The number of halogens is 1. The molecule has 5 heteroatoms. The van der Waals surface area contributed by atoms with Crippen LogP contribution in [0.3, 0.4) is 0 Å². The lowest BCUT2D eigenvalue weighted by molar-refractivity contribution is 0.550. The lowest BCUT2D eigenvalue weighted by Crippen LogP contribution is -2.29. The maximum Gasteiger partial charge on any atom is 0.130 e. The second-order valence-electron chi connectivity index (χ2n) is 5.00. The predicted octanol–water partition coefficient (Wildman–Crippen LogP) is 2.69. The largest absolute Gasteiger partial charge is 0.271 e. The van der Waals surface area contributed by atoms with Crippen molar-refractivity contribution >= 4 is 11.6 Å². The molecule has 0 aliphatic rings. The van der Waals surface area contributed by atoms with Gasteiger partial charge in [0, 0.05) is 12.6 Å². The van der Waals surface area contributed by atoms with Gasteiger partial charge in [-0.3, -0.25) is 16.0 Å². The molecule has 2 rings (SSSR count). The molecule has 0 aliphatic heterocycles. The number of benzene rings is 1. The first-order valence-electron chi connectivity index (χ1n) is 6.79. The van der Waals surface area contributed by atoms with E-state index in [-0.39, 0.29) is 6.04 Å². The number of nitrogens with zero attached hydrogens (tertiary/aromatic N) is 2. The molecular formula is C15H21ClN4. The van der Waals surface area contributed by atoms with E-state index in [1.807, 2.05) is 14.0 Å². The SMILES string of the molecule is CCc1ccc(C(Cc2c(C)nn(C)c2Cl)NN)cc1. The molecule has 0 saturated heterocycles. The fraction of sp³-hybridized carbons (Fsp3) is 0.400. The monoisotopic (exact) mass is 292 g/mol. The molecule has 0 aliphatic carbocycles. The lowest BCUT2D eigenvalue weighted by atomic mass is 9.98. The first-order chi connectivity index (χ1) is 9.56. The van der Waals surface area contributed by atoms with E-state index in [9.17, 15) is 0 Å². The van der Waals surface area contributed by atoms with Crippen molar-refractivity contribution in [3.05, 3.63) is 51.8 Å². The molecule has 0 bridgehead atoms. The molecule has 3 N–H and O–H groups in total. The van der Waals surface area contributed by atoms with Gasteiger partial charge in [0.15, 0.2) is 0 Å². The summed E-state index contributed by atoms with van der Waals surface area (Å²) in [6.07, 6.45) is 1.76.